The third-order valence-corrected chi connectivity index (χ3v) is 5.66. The molecule has 0 unspecified atom stereocenters. The van der Waals surface area contributed by atoms with Gasteiger partial charge in [-0.1, -0.05) is 59.7 Å². The molecule has 4 rings (SSSR count). The second-order valence-electron chi connectivity index (χ2n) is 6.45. The van der Waals surface area contributed by atoms with E-state index in [-0.39, 0.29) is 5.69 Å². The van der Waals surface area contributed by atoms with E-state index in [1.165, 1.54) is 35.6 Å². The summed E-state index contributed by atoms with van der Waals surface area (Å²) in [7, 11) is 0. The molecule has 0 atom stereocenters. The van der Waals surface area contributed by atoms with E-state index in [0.717, 1.165) is 21.0 Å². The summed E-state index contributed by atoms with van der Waals surface area (Å²) in [4.78, 5) is 27.6. The molecule has 0 radical (unpaired) electrons. The molecule has 6 nitrogen and oxygen atoms in total. The Morgan fingerprint density at radius 1 is 1.20 bits per heavy atom. The number of fused-ring (bicyclic) bond motifs is 3. The first-order valence-electron chi connectivity index (χ1n) is 9.02. The summed E-state index contributed by atoms with van der Waals surface area (Å²) < 4.78 is 2.85. The second-order valence-corrected chi connectivity index (χ2v) is 7.42. The maximum atomic E-state index is 12.5. The topological polar surface area (TPSA) is 77.5 Å². The van der Waals surface area contributed by atoms with Gasteiger partial charge in [0.2, 0.25) is 0 Å². The van der Waals surface area contributed by atoms with E-state index in [0.29, 0.717) is 16.9 Å². The number of amides is 1. The minimum atomic E-state index is -0.478. The van der Waals surface area contributed by atoms with Crippen LogP contribution in [0.5, 0.6) is 0 Å². The zero-order chi connectivity index (χ0) is 21.1. The highest BCUT2D eigenvalue weighted by Gasteiger charge is 2.10. The van der Waals surface area contributed by atoms with Crippen LogP contribution in [-0.4, -0.2) is 15.4 Å². The molecule has 0 saturated heterocycles. The van der Waals surface area contributed by atoms with Crippen molar-refractivity contribution < 1.29 is 9.72 Å². The number of nitrogens with zero attached hydrogens (tertiary/aromatic N) is 3. The van der Waals surface area contributed by atoms with E-state index in [9.17, 15) is 14.9 Å². The van der Waals surface area contributed by atoms with Crippen molar-refractivity contribution >= 4 is 50.0 Å². The van der Waals surface area contributed by atoms with Crippen molar-refractivity contribution in [2.75, 3.05) is 0 Å². The Morgan fingerprint density at radius 3 is 2.83 bits per heavy atom. The zero-order valence-electron chi connectivity index (χ0n) is 15.7. The number of non-ortho nitro benzene ring substituents is 1. The van der Waals surface area contributed by atoms with Gasteiger partial charge in [-0.2, -0.15) is 4.99 Å². The highest BCUT2D eigenvalue weighted by Crippen LogP contribution is 2.27. The smallest absolute Gasteiger partial charge is 0.272 e. The minimum absolute atomic E-state index is 0.0372. The van der Waals surface area contributed by atoms with Crippen molar-refractivity contribution in [1.82, 2.24) is 4.57 Å². The number of nitro benzene ring substituents is 1. The van der Waals surface area contributed by atoms with Crippen molar-refractivity contribution in [2.24, 2.45) is 4.99 Å². The Balaban J connectivity index is 1.76. The van der Waals surface area contributed by atoms with Gasteiger partial charge < -0.3 is 4.57 Å². The van der Waals surface area contributed by atoms with E-state index in [1.54, 1.807) is 12.1 Å². The van der Waals surface area contributed by atoms with Crippen molar-refractivity contribution in [3.8, 4) is 12.3 Å². The molecule has 1 amide bonds. The van der Waals surface area contributed by atoms with Gasteiger partial charge in [-0.25, -0.2) is 0 Å². The molecular weight excluding hydrogens is 398 g/mol. The van der Waals surface area contributed by atoms with Crippen LogP contribution in [0.2, 0.25) is 0 Å². The number of nitro groups is 1. The normalized spacial score (nSPS) is 11.9. The summed E-state index contributed by atoms with van der Waals surface area (Å²) in [5.41, 5.74) is 1.43. The largest absolute Gasteiger partial charge is 0.305 e. The van der Waals surface area contributed by atoms with Crippen molar-refractivity contribution in [1.29, 1.82) is 0 Å². The molecule has 0 spiro atoms. The predicted molar refractivity (Wildman–Crippen MR) is 119 cm³/mol. The Bertz CT molecular complexity index is 1440. The molecule has 1 aromatic heterocycles. The van der Waals surface area contributed by atoms with Gasteiger partial charge in [0.1, 0.15) is 0 Å². The number of terminal acetylenes is 1. The van der Waals surface area contributed by atoms with Gasteiger partial charge in [-0.05, 0) is 23.1 Å². The zero-order valence-corrected chi connectivity index (χ0v) is 16.5. The molecule has 4 aromatic rings. The minimum Gasteiger partial charge on any atom is -0.305 e. The first-order chi connectivity index (χ1) is 14.6. The van der Waals surface area contributed by atoms with Crippen LogP contribution in [0, 0.1) is 22.5 Å². The van der Waals surface area contributed by atoms with Crippen molar-refractivity contribution in [3.63, 3.8) is 0 Å². The number of aromatic nitrogens is 1. The van der Waals surface area contributed by atoms with Gasteiger partial charge in [0.05, 0.1) is 21.7 Å². The Morgan fingerprint density at radius 2 is 2.03 bits per heavy atom. The molecule has 0 aliphatic heterocycles. The van der Waals surface area contributed by atoms with Gasteiger partial charge >= 0.3 is 0 Å². The molecule has 0 fully saturated rings. The standard InChI is InChI=1S/C23H15N3O3S/c1-2-14-25-20-12-11-17-7-3-4-9-19(17)22(20)30-23(25)24-21(27)13-10-16-6-5-8-18(15-16)26(28)29/h1,3-13,15H,14H2/b13-10+,24-23?. The molecule has 0 aliphatic rings. The molecule has 3 aromatic carbocycles. The Hall–Kier alpha value is -4.02. The van der Waals surface area contributed by atoms with Crippen LogP contribution >= 0.6 is 11.3 Å². The fraction of sp³-hybridized carbons (Fsp3) is 0.0435. The maximum Gasteiger partial charge on any atom is 0.272 e. The number of benzene rings is 3. The lowest BCUT2D eigenvalue weighted by Gasteiger charge is -2.01. The molecule has 0 bridgehead atoms. The molecule has 0 saturated carbocycles. The lowest BCUT2D eigenvalue weighted by atomic mass is 10.1. The number of hydrogen-bond acceptors (Lipinski definition) is 4. The van der Waals surface area contributed by atoms with E-state index < -0.39 is 10.8 Å². The van der Waals surface area contributed by atoms with Crippen LogP contribution < -0.4 is 4.80 Å². The fourth-order valence-electron chi connectivity index (χ4n) is 3.17. The third kappa shape index (κ3) is 3.77. The van der Waals surface area contributed by atoms with Crippen LogP contribution in [0.15, 0.2) is 71.7 Å². The summed E-state index contributed by atoms with van der Waals surface area (Å²) in [6, 6.07) is 18.0. The SMILES string of the molecule is C#CCn1c(=NC(=O)/C=C/c2cccc([N+](=O)[O-])c2)sc2c3ccccc3ccc21. The molecule has 0 aliphatic carbocycles. The average molecular weight is 413 g/mol. The number of carbonyl (C=O) groups is 1. The summed E-state index contributed by atoms with van der Waals surface area (Å²) in [5, 5.41) is 13.1. The van der Waals surface area contributed by atoms with Crippen LogP contribution in [-0.2, 0) is 11.3 Å². The monoisotopic (exact) mass is 413 g/mol. The van der Waals surface area contributed by atoms with Gasteiger partial charge in [-0.15, -0.1) is 6.42 Å². The number of hydrogen-bond donors (Lipinski definition) is 0. The highest BCUT2D eigenvalue weighted by atomic mass is 32.1. The number of rotatable bonds is 4. The van der Waals surface area contributed by atoms with Gasteiger partial charge in [-0.3, -0.25) is 14.9 Å². The van der Waals surface area contributed by atoms with E-state index in [4.69, 9.17) is 6.42 Å². The Kier molecular flexibility index (Phi) is 5.24. The number of thiazole rings is 1. The molecular formula is C23H15N3O3S. The van der Waals surface area contributed by atoms with Crippen molar-refractivity contribution in [3.05, 3.63) is 87.2 Å². The highest BCUT2D eigenvalue weighted by molar-refractivity contribution is 7.17. The van der Waals surface area contributed by atoms with Crippen LogP contribution in [0.25, 0.3) is 27.1 Å². The summed E-state index contributed by atoms with van der Waals surface area (Å²) in [6.07, 6.45) is 8.33. The van der Waals surface area contributed by atoms with Gasteiger partial charge in [0, 0.05) is 23.6 Å². The summed E-state index contributed by atoms with van der Waals surface area (Å²) >= 11 is 1.41. The molecule has 30 heavy (non-hydrogen) atoms. The summed E-state index contributed by atoms with van der Waals surface area (Å²) in [6.45, 7) is 0.291. The molecule has 7 heteroatoms. The van der Waals surface area contributed by atoms with E-state index in [2.05, 4.69) is 10.9 Å². The van der Waals surface area contributed by atoms with E-state index in [1.807, 2.05) is 41.0 Å². The third-order valence-electron chi connectivity index (χ3n) is 4.53. The average Bonchev–Trinajstić information content (AvgIpc) is 3.10. The lowest BCUT2D eigenvalue weighted by molar-refractivity contribution is -0.384. The first kappa shape index (κ1) is 19.3. The first-order valence-corrected chi connectivity index (χ1v) is 9.84. The van der Waals surface area contributed by atoms with E-state index >= 15 is 0 Å². The van der Waals surface area contributed by atoms with Crippen molar-refractivity contribution in [2.45, 2.75) is 6.54 Å². The van der Waals surface area contributed by atoms with Gasteiger partial charge in [0.15, 0.2) is 4.80 Å². The Labute approximate surface area is 175 Å². The fourth-order valence-corrected chi connectivity index (χ4v) is 4.34. The number of carbonyl (C=O) groups excluding carboxylic acids is 1. The summed E-state index contributed by atoms with van der Waals surface area (Å²) in [5.74, 6) is 2.15. The predicted octanol–water partition coefficient (Wildman–Crippen LogP) is 4.54. The second kappa shape index (κ2) is 8.15. The van der Waals surface area contributed by atoms with Gasteiger partial charge in [0.25, 0.3) is 11.6 Å². The molecule has 0 N–H and O–H groups in total. The van der Waals surface area contributed by atoms with Crippen LogP contribution in [0.1, 0.15) is 5.56 Å². The lowest BCUT2D eigenvalue weighted by Crippen LogP contribution is -2.15. The quantitative estimate of drug-likeness (QED) is 0.213. The molecule has 146 valence electrons. The molecule has 1 heterocycles. The maximum absolute atomic E-state index is 12.5. The van der Waals surface area contributed by atoms with Crippen LogP contribution in [0.3, 0.4) is 0 Å². The van der Waals surface area contributed by atoms with Crippen LogP contribution in [0.4, 0.5) is 5.69 Å².